The summed E-state index contributed by atoms with van der Waals surface area (Å²) in [4.78, 5) is 23.3. The Morgan fingerprint density at radius 1 is 1.11 bits per heavy atom. The third kappa shape index (κ3) is 4.97. The Hall–Kier alpha value is -2.15. The van der Waals surface area contributed by atoms with E-state index in [-0.39, 0.29) is 0 Å². The maximum Gasteiger partial charge on any atom is 0.290 e. The van der Waals surface area contributed by atoms with Gasteiger partial charge in [-0.1, -0.05) is 35.3 Å². The molecule has 0 saturated carbocycles. The van der Waals surface area contributed by atoms with Crippen molar-refractivity contribution in [2.45, 2.75) is 13.5 Å². The Bertz CT molecular complexity index is 913. The predicted molar refractivity (Wildman–Crippen MR) is 108 cm³/mol. The van der Waals surface area contributed by atoms with Crippen molar-refractivity contribution >= 4 is 52.2 Å². The second-order valence-electron chi connectivity index (χ2n) is 5.53. The number of ether oxygens (including phenoxy) is 2. The van der Waals surface area contributed by atoms with Crippen LogP contribution in [-0.2, 0) is 11.4 Å². The van der Waals surface area contributed by atoms with Crippen molar-refractivity contribution in [1.82, 2.24) is 5.32 Å². The minimum atomic E-state index is -0.429. The third-order valence-corrected chi connectivity index (χ3v) is 4.91. The van der Waals surface area contributed by atoms with E-state index in [1.54, 1.807) is 30.3 Å². The highest BCUT2D eigenvalue weighted by Gasteiger charge is 2.25. The van der Waals surface area contributed by atoms with Crippen molar-refractivity contribution in [2.24, 2.45) is 0 Å². The minimum absolute atomic E-state index is 0.296. The number of halogens is 2. The Balaban J connectivity index is 1.85. The number of carbonyl (C=O) groups excluding carboxylic acids is 2. The molecule has 0 unspecified atom stereocenters. The first-order valence-electron chi connectivity index (χ1n) is 8.04. The van der Waals surface area contributed by atoms with Crippen LogP contribution in [0.15, 0.2) is 41.3 Å². The zero-order chi connectivity index (χ0) is 19.4. The molecule has 1 fully saturated rings. The molecule has 27 heavy (non-hydrogen) atoms. The van der Waals surface area contributed by atoms with Gasteiger partial charge in [0.05, 0.1) is 16.5 Å². The number of carbonyl (C=O) groups is 2. The van der Waals surface area contributed by atoms with Gasteiger partial charge in [0.1, 0.15) is 6.61 Å². The van der Waals surface area contributed by atoms with Crippen LogP contribution in [0, 0.1) is 0 Å². The number of hydrogen-bond acceptors (Lipinski definition) is 5. The third-order valence-electron chi connectivity index (χ3n) is 3.57. The zero-order valence-electron chi connectivity index (χ0n) is 14.3. The molecule has 1 aliphatic rings. The molecule has 2 amide bonds. The number of hydrogen-bond donors (Lipinski definition) is 1. The molecule has 2 aromatic rings. The first-order valence-corrected chi connectivity index (χ1v) is 9.62. The van der Waals surface area contributed by atoms with Crippen LogP contribution in [0.5, 0.6) is 11.5 Å². The quantitative estimate of drug-likeness (QED) is 0.638. The zero-order valence-corrected chi connectivity index (χ0v) is 16.6. The molecule has 0 bridgehead atoms. The number of imide groups is 1. The lowest BCUT2D eigenvalue weighted by Crippen LogP contribution is -2.17. The molecule has 0 spiro atoms. The average Bonchev–Trinajstić information content (AvgIpc) is 2.93. The van der Waals surface area contributed by atoms with E-state index in [1.165, 1.54) is 0 Å². The van der Waals surface area contributed by atoms with Crippen LogP contribution in [0.3, 0.4) is 0 Å². The van der Waals surface area contributed by atoms with Crippen molar-refractivity contribution in [2.75, 3.05) is 6.61 Å². The van der Waals surface area contributed by atoms with Gasteiger partial charge in [-0.2, -0.15) is 0 Å². The SMILES string of the molecule is CCOc1cc(/C=C2\SC(=O)NC2=O)cc(Cl)c1OCc1ccc(Cl)cc1. The molecule has 1 N–H and O–H groups in total. The van der Waals surface area contributed by atoms with Crippen molar-refractivity contribution < 1.29 is 19.1 Å². The molecule has 1 aliphatic heterocycles. The van der Waals surface area contributed by atoms with Gasteiger partial charge in [0.2, 0.25) is 0 Å². The lowest BCUT2D eigenvalue weighted by Gasteiger charge is -2.15. The Morgan fingerprint density at radius 2 is 1.85 bits per heavy atom. The van der Waals surface area contributed by atoms with E-state index in [2.05, 4.69) is 5.32 Å². The normalized spacial score (nSPS) is 15.1. The summed E-state index contributed by atoms with van der Waals surface area (Å²) in [6.07, 6.45) is 1.59. The summed E-state index contributed by atoms with van der Waals surface area (Å²) in [6.45, 7) is 2.56. The van der Waals surface area contributed by atoms with Gasteiger partial charge in [0, 0.05) is 5.02 Å². The highest BCUT2D eigenvalue weighted by atomic mass is 35.5. The van der Waals surface area contributed by atoms with Crippen molar-refractivity contribution in [3.63, 3.8) is 0 Å². The Labute approximate surface area is 170 Å². The molecule has 140 valence electrons. The molecule has 1 heterocycles. The molecule has 0 atom stereocenters. The summed E-state index contributed by atoms with van der Waals surface area (Å²) in [5.41, 5.74) is 1.57. The Morgan fingerprint density at radius 3 is 2.48 bits per heavy atom. The number of rotatable bonds is 6. The molecule has 0 radical (unpaired) electrons. The average molecular weight is 424 g/mol. The lowest BCUT2D eigenvalue weighted by atomic mass is 10.1. The standard InChI is InChI=1S/C19H15Cl2NO4S/c1-2-25-15-8-12(9-16-18(23)22-19(24)27-16)7-14(21)17(15)26-10-11-3-5-13(20)6-4-11/h3-9H,2,10H2,1H3,(H,22,23,24)/b16-9-. The van der Waals surface area contributed by atoms with E-state index in [1.807, 2.05) is 19.1 Å². The first-order chi connectivity index (χ1) is 13.0. The van der Waals surface area contributed by atoms with Gasteiger partial charge >= 0.3 is 0 Å². The number of benzene rings is 2. The number of nitrogens with one attached hydrogen (secondary N) is 1. The molecular weight excluding hydrogens is 409 g/mol. The molecular formula is C19H15Cl2NO4S. The summed E-state index contributed by atoms with van der Waals surface area (Å²) in [5.74, 6) is 0.443. The van der Waals surface area contributed by atoms with E-state index < -0.39 is 11.1 Å². The van der Waals surface area contributed by atoms with Gasteiger partial charge in [-0.25, -0.2) is 0 Å². The van der Waals surface area contributed by atoms with Gasteiger partial charge in [-0.05, 0) is 60.2 Å². The maximum absolute atomic E-state index is 11.7. The van der Waals surface area contributed by atoms with E-state index in [9.17, 15) is 9.59 Å². The Kier molecular flexibility index (Phi) is 6.31. The smallest absolute Gasteiger partial charge is 0.290 e. The molecule has 3 rings (SSSR count). The topological polar surface area (TPSA) is 64.6 Å². The fourth-order valence-corrected chi connectivity index (χ4v) is 3.46. The molecule has 0 aromatic heterocycles. The van der Waals surface area contributed by atoms with Crippen molar-refractivity contribution in [3.05, 3.63) is 62.5 Å². The fraction of sp³-hybridized carbons (Fsp3) is 0.158. The van der Waals surface area contributed by atoms with Gasteiger partial charge in [-0.15, -0.1) is 0 Å². The van der Waals surface area contributed by atoms with E-state index in [0.717, 1.165) is 17.3 Å². The number of amides is 2. The molecule has 2 aromatic carbocycles. The second kappa shape index (κ2) is 8.69. The van der Waals surface area contributed by atoms with Crippen molar-refractivity contribution in [3.8, 4) is 11.5 Å². The van der Waals surface area contributed by atoms with Gasteiger partial charge in [0.25, 0.3) is 11.1 Å². The summed E-state index contributed by atoms with van der Waals surface area (Å²) >= 11 is 13.1. The van der Waals surface area contributed by atoms with Crippen LogP contribution in [-0.4, -0.2) is 17.8 Å². The highest BCUT2D eigenvalue weighted by molar-refractivity contribution is 8.18. The summed E-state index contributed by atoms with van der Waals surface area (Å²) in [7, 11) is 0. The monoisotopic (exact) mass is 423 g/mol. The molecule has 1 saturated heterocycles. The van der Waals surface area contributed by atoms with Gasteiger partial charge in [-0.3, -0.25) is 14.9 Å². The number of thioether (sulfide) groups is 1. The van der Waals surface area contributed by atoms with Crippen molar-refractivity contribution in [1.29, 1.82) is 0 Å². The summed E-state index contributed by atoms with van der Waals surface area (Å²) < 4.78 is 11.5. The van der Waals surface area contributed by atoms with Crippen LogP contribution < -0.4 is 14.8 Å². The van der Waals surface area contributed by atoms with Crippen LogP contribution >= 0.6 is 35.0 Å². The summed E-state index contributed by atoms with van der Waals surface area (Å²) in [5, 5.41) is 2.81. The molecule has 0 aliphatic carbocycles. The molecule has 5 nitrogen and oxygen atoms in total. The minimum Gasteiger partial charge on any atom is -0.490 e. The van der Waals surface area contributed by atoms with E-state index >= 15 is 0 Å². The largest absolute Gasteiger partial charge is 0.490 e. The predicted octanol–water partition coefficient (Wildman–Crippen LogP) is 5.30. The maximum atomic E-state index is 11.7. The lowest BCUT2D eigenvalue weighted by molar-refractivity contribution is -0.115. The molecule has 8 heteroatoms. The van der Waals surface area contributed by atoms with Crippen LogP contribution in [0.2, 0.25) is 10.0 Å². The van der Waals surface area contributed by atoms with E-state index in [4.69, 9.17) is 32.7 Å². The first kappa shape index (κ1) is 19.6. The van der Waals surface area contributed by atoms with Gasteiger partial charge in [0.15, 0.2) is 11.5 Å². The van der Waals surface area contributed by atoms with E-state index in [0.29, 0.717) is 45.2 Å². The van der Waals surface area contributed by atoms with Gasteiger partial charge < -0.3 is 9.47 Å². The van der Waals surface area contributed by atoms with Crippen LogP contribution in [0.25, 0.3) is 6.08 Å². The fourth-order valence-electron chi connectivity index (χ4n) is 2.38. The second-order valence-corrected chi connectivity index (χ2v) is 7.39. The van der Waals surface area contributed by atoms with Crippen LogP contribution in [0.4, 0.5) is 4.79 Å². The highest BCUT2D eigenvalue weighted by Crippen LogP contribution is 2.38. The van der Waals surface area contributed by atoms with Crippen LogP contribution in [0.1, 0.15) is 18.1 Å². The summed E-state index contributed by atoms with van der Waals surface area (Å²) in [6, 6.07) is 10.7.